The van der Waals surface area contributed by atoms with Crippen molar-refractivity contribution in [2.75, 3.05) is 14.1 Å². The van der Waals surface area contributed by atoms with E-state index < -0.39 is 63.5 Å². The largest absolute Gasteiger partial charge is 0.508 e. The number of benzene rings is 1. The Bertz CT molecular complexity index is 1320. The molecule has 10 heteroatoms. The molecule has 0 aliphatic heterocycles. The van der Waals surface area contributed by atoms with E-state index in [0.29, 0.717) is 11.1 Å². The molecule has 1 aromatic rings. The molecule has 10 nitrogen and oxygen atoms in total. The van der Waals surface area contributed by atoms with Gasteiger partial charge in [0.25, 0.3) is 5.91 Å². The molecular weight excluding hydrogens is 480 g/mol. The number of fused-ring (bicyclic) bond motifs is 3. The molecule has 0 heterocycles. The number of aromatic hydroxyl groups is 1. The number of amides is 1. The number of hydrogen-bond acceptors (Lipinski definition) is 9. The van der Waals surface area contributed by atoms with Crippen molar-refractivity contribution in [2.24, 2.45) is 23.0 Å². The molecular formula is C27H32N2O8. The van der Waals surface area contributed by atoms with E-state index in [2.05, 4.69) is 0 Å². The van der Waals surface area contributed by atoms with Crippen molar-refractivity contribution in [1.29, 1.82) is 0 Å². The predicted octanol–water partition coefficient (Wildman–Crippen LogP) is 1.12. The van der Waals surface area contributed by atoms with Gasteiger partial charge in [-0.3, -0.25) is 24.1 Å². The normalized spacial score (nSPS) is 27.7. The van der Waals surface area contributed by atoms with Crippen LogP contribution in [0.2, 0.25) is 0 Å². The Morgan fingerprint density at radius 1 is 1.14 bits per heavy atom. The minimum absolute atomic E-state index is 0.00588. The zero-order valence-electron chi connectivity index (χ0n) is 21.5. The summed E-state index contributed by atoms with van der Waals surface area (Å²) in [7, 11) is 3.09. The van der Waals surface area contributed by atoms with Gasteiger partial charge < -0.3 is 26.2 Å². The third kappa shape index (κ3) is 3.77. The number of Topliss-reactive ketones (excluding diaryl/α,β-unsaturated/α-hetero) is 3. The number of aliphatic hydroxyl groups excluding tert-OH is 2. The average Bonchev–Trinajstić information content (AvgIpc) is 2.76. The number of nitrogens with two attached hydrogens (primary N) is 1. The summed E-state index contributed by atoms with van der Waals surface area (Å²) in [5.41, 5.74) is 2.02. The zero-order chi connectivity index (χ0) is 27.8. The Kier molecular flexibility index (Phi) is 6.12. The molecule has 1 saturated carbocycles. The average molecular weight is 513 g/mol. The van der Waals surface area contributed by atoms with Crippen molar-refractivity contribution in [3.05, 3.63) is 45.7 Å². The lowest BCUT2D eigenvalue weighted by Crippen LogP contribution is -2.65. The van der Waals surface area contributed by atoms with E-state index in [1.165, 1.54) is 11.0 Å². The fourth-order valence-corrected chi connectivity index (χ4v) is 5.91. The van der Waals surface area contributed by atoms with E-state index in [-0.39, 0.29) is 41.9 Å². The second-order valence-electron chi connectivity index (χ2n) is 11.4. The summed E-state index contributed by atoms with van der Waals surface area (Å²) < 4.78 is 0. The van der Waals surface area contributed by atoms with Crippen molar-refractivity contribution < 1.29 is 39.6 Å². The first kappa shape index (κ1) is 26.6. The molecule has 3 aliphatic rings. The highest BCUT2D eigenvalue weighted by molar-refractivity contribution is 6.24. The fourth-order valence-electron chi connectivity index (χ4n) is 5.91. The molecule has 4 atom stereocenters. The minimum atomic E-state index is -2.68. The van der Waals surface area contributed by atoms with Gasteiger partial charge in [0.1, 0.15) is 28.6 Å². The first-order valence-corrected chi connectivity index (χ1v) is 12.0. The van der Waals surface area contributed by atoms with Gasteiger partial charge >= 0.3 is 0 Å². The Hall–Kier alpha value is -3.50. The number of phenolic OH excluding ortho intramolecular Hbond substituents is 1. The van der Waals surface area contributed by atoms with Crippen LogP contribution >= 0.6 is 0 Å². The van der Waals surface area contributed by atoms with E-state index in [0.717, 1.165) is 0 Å². The fraction of sp³-hybridized carbons (Fsp3) is 0.481. The molecule has 6 N–H and O–H groups in total. The van der Waals surface area contributed by atoms with Crippen LogP contribution in [0.3, 0.4) is 0 Å². The summed E-state index contributed by atoms with van der Waals surface area (Å²) in [5, 5.41) is 44.3. The number of hydrogen-bond donors (Lipinski definition) is 5. The summed E-state index contributed by atoms with van der Waals surface area (Å²) >= 11 is 0. The summed E-state index contributed by atoms with van der Waals surface area (Å²) in [4.78, 5) is 53.2. The number of carbonyl (C=O) groups is 4. The molecule has 1 amide bonds. The molecule has 37 heavy (non-hydrogen) atoms. The number of carbonyl (C=O) groups excluding carboxylic acids is 4. The number of primary amides is 1. The maximum Gasteiger partial charge on any atom is 0.255 e. The van der Waals surface area contributed by atoms with E-state index in [4.69, 9.17) is 5.73 Å². The van der Waals surface area contributed by atoms with Crippen LogP contribution in [0.5, 0.6) is 5.75 Å². The van der Waals surface area contributed by atoms with Gasteiger partial charge in [-0.1, -0.05) is 26.8 Å². The number of rotatable bonds is 4. The highest BCUT2D eigenvalue weighted by atomic mass is 16.3. The van der Waals surface area contributed by atoms with Crippen LogP contribution < -0.4 is 5.73 Å². The van der Waals surface area contributed by atoms with E-state index >= 15 is 0 Å². The van der Waals surface area contributed by atoms with Crippen LogP contribution in [0, 0.1) is 17.3 Å². The summed E-state index contributed by atoms with van der Waals surface area (Å²) in [5.74, 6) is -7.05. The van der Waals surface area contributed by atoms with Crippen LogP contribution in [-0.2, 0) is 32.0 Å². The number of nitrogens with zero attached hydrogens (tertiary/aromatic N) is 1. The van der Waals surface area contributed by atoms with Crippen LogP contribution in [0.1, 0.15) is 43.9 Å². The van der Waals surface area contributed by atoms with Gasteiger partial charge in [0.15, 0.2) is 11.4 Å². The molecule has 0 spiro atoms. The smallest absolute Gasteiger partial charge is 0.255 e. The second kappa shape index (κ2) is 8.53. The summed E-state index contributed by atoms with van der Waals surface area (Å²) in [6, 6.07) is 1.79. The lowest BCUT2D eigenvalue weighted by Gasteiger charge is -2.50. The Labute approximate surface area is 214 Å². The monoisotopic (exact) mass is 512 g/mol. The van der Waals surface area contributed by atoms with Gasteiger partial charge in [-0.05, 0) is 50.0 Å². The Balaban J connectivity index is 1.92. The first-order chi connectivity index (χ1) is 17.0. The van der Waals surface area contributed by atoms with Crippen LogP contribution in [0.25, 0.3) is 5.76 Å². The summed E-state index contributed by atoms with van der Waals surface area (Å²) in [6.45, 7) is 5.38. The highest BCUT2D eigenvalue weighted by Crippen LogP contribution is 2.53. The number of aliphatic hydroxyl groups is 3. The van der Waals surface area contributed by atoms with Crippen LogP contribution in [0.15, 0.2) is 29.0 Å². The zero-order valence-corrected chi connectivity index (χ0v) is 21.5. The quantitative estimate of drug-likeness (QED) is 0.370. The van der Waals surface area contributed by atoms with Gasteiger partial charge in [-0.15, -0.1) is 0 Å². The Morgan fingerprint density at radius 2 is 1.76 bits per heavy atom. The van der Waals surface area contributed by atoms with Gasteiger partial charge in [0.05, 0.1) is 11.6 Å². The molecule has 1 fully saturated rings. The standard InChI is InChI=1S/C27H32N2O8/c1-26(2,3)16(31)10-11-6-7-15(30)18-13(11)8-12-9-14-20(29(4)5)22(33)19(25(28)36)24(35)27(14,37)23(34)17(12)21(18)32/h6-7,12,14,20,30,32,35,37H,8-10H2,1-5H3,(H2,28,36)/t12-,14-,20-,27-/m1/s1. The van der Waals surface area contributed by atoms with Crippen molar-refractivity contribution >= 4 is 29.0 Å². The number of phenols is 1. The molecule has 0 saturated heterocycles. The van der Waals surface area contributed by atoms with Crippen molar-refractivity contribution in [3.63, 3.8) is 0 Å². The SMILES string of the molecule is CN(C)[C@H]1C(=O)C(C(N)=O)=C(O)[C@]2(O)C(=O)C3=C(O)c4c(O)ccc(CC(=O)C(C)(C)C)c4C[C@@H]3C[C@H]12. The summed E-state index contributed by atoms with van der Waals surface area (Å²) in [6.07, 6.45) is 0.191. The molecule has 198 valence electrons. The molecule has 1 aromatic carbocycles. The first-order valence-electron chi connectivity index (χ1n) is 12.0. The van der Waals surface area contributed by atoms with E-state index in [1.54, 1.807) is 40.9 Å². The molecule has 3 aliphatic carbocycles. The number of ketones is 3. The Morgan fingerprint density at radius 3 is 2.30 bits per heavy atom. The van der Waals surface area contributed by atoms with Crippen molar-refractivity contribution in [1.82, 2.24) is 4.90 Å². The molecule has 4 rings (SSSR count). The molecule has 0 bridgehead atoms. The predicted molar refractivity (Wildman–Crippen MR) is 132 cm³/mol. The van der Waals surface area contributed by atoms with E-state index in [1.807, 2.05) is 0 Å². The van der Waals surface area contributed by atoms with Crippen LogP contribution in [0.4, 0.5) is 0 Å². The van der Waals surface area contributed by atoms with Gasteiger partial charge in [-0.2, -0.15) is 0 Å². The van der Waals surface area contributed by atoms with Crippen LogP contribution in [-0.4, -0.2) is 74.3 Å². The van der Waals surface area contributed by atoms with E-state index in [9.17, 15) is 39.6 Å². The van der Waals surface area contributed by atoms with Crippen molar-refractivity contribution in [3.8, 4) is 5.75 Å². The molecule has 0 unspecified atom stereocenters. The third-order valence-corrected chi connectivity index (χ3v) is 7.89. The molecule has 0 radical (unpaired) electrons. The third-order valence-electron chi connectivity index (χ3n) is 7.89. The van der Waals surface area contributed by atoms with Gasteiger partial charge in [0.2, 0.25) is 5.78 Å². The number of likely N-dealkylation sites (N-methyl/N-ethyl adjacent to an activating group) is 1. The topological polar surface area (TPSA) is 178 Å². The lowest BCUT2D eigenvalue weighted by atomic mass is 9.57. The lowest BCUT2D eigenvalue weighted by molar-refractivity contribution is -0.153. The second-order valence-corrected chi connectivity index (χ2v) is 11.4. The molecule has 0 aromatic heterocycles. The van der Waals surface area contributed by atoms with Gasteiger partial charge in [0, 0.05) is 23.3 Å². The maximum atomic E-state index is 13.8. The van der Waals surface area contributed by atoms with Crippen molar-refractivity contribution in [2.45, 2.75) is 51.7 Å². The maximum absolute atomic E-state index is 13.8. The highest BCUT2D eigenvalue weighted by Gasteiger charge is 2.64. The minimum Gasteiger partial charge on any atom is -0.508 e. The van der Waals surface area contributed by atoms with Gasteiger partial charge in [-0.25, -0.2) is 0 Å².